The van der Waals surface area contributed by atoms with Gasteiger partial charge in [0.2, 0.25) is 0 Å². The van der Waals surface area contributed by atoms with Gasteiger partial charge >= 0.3 is 0 Å². The van der Waals surface area contributed by atoms with Gasteiger partial charge in [0.05, 0.1) is 4.92 Å². The molecule has 23 heavy (non-hydrogen) atoms. The molecule has 0 atom stereocenters. The molecule has 1 aliphatic heterocycles. The van der Waals surface area contributed by atoms with Gasteiger partial charge in [0.1, 0.15) is 6.61 Å². The maximum atomic E-state index is 10.7. The predicted octanol–water partition coefficient (Wildman–Crippen LogP) is 3.81. The summed E-state index contributed by atoms with van der Waals surface area (Å²) < 4.78 is 0. The van der Waals surface area contributed by atoms with Crippen LogP contribution < -0.4 is 0 Å². The van der Waals surface area contributed by atoms with E-state index in [2.05, 4.69) is 10.1 Å². The van der Waals surface area contributed by atoms with Crippen molar-refractivity contribution in [2.24, 2.45) is 5.16 Å². The van der Waals surface area contributed by atoms with E-state index in [0.717, 1.165) is 26.1 Å². The monoisotopic (exact) mass is 361 g/mol. The Morgan fingerprint density at radius 3 is 2.78 bits per heavy atom. The molecule has 1 aliphatic rings. The number of benzene rings is 1. The number of likely N-dealkylation sites (tertiary alicyclic amines) is 1. The molecule has 1 heterocycles. The maximum absolute atomic E-state index is 10.7. The average molecular weight is 362 g/mol. The molecule has 6 nitrogen and oxygen atoms in total. The van der Waals surface area contributed by atoms with E-state index in [1.54, 1.807) is 12.1 Å². The van der Waals surface area contributed by atoms with Crippen molar-refractivity contribution >= 4 is 34.9 Å². The van der Waals surface area contributed by atoms with E-state index in [-0.39, 0.29) is 23.3 Å². The number of hydrogen-bond acceptors (Lipinski definition) is 5. The molecular weight excluding hydrogens is 341 g/mol. The highest BCUT2D eigenvalue weighted by Crippen LogP contribution is 2.15. The number of rotatable bonds is 7. The van der Waals surface area contributed by atoms with Crippen LogP contribution in [0, 0.1) is 10.1 Å². The molecule has 1 saturated heterocycles. The van der Waals surface area contributed by atoms with Crippen LogP contribution in [0.2, 0.25) is 0 Å². The van der Waals surface area contributed by atoms with Crippen molar-refractivity contribution < 1.29 is 9.76 Å². The molecule has 1 aromatic carbocycles. The van der Waals surface area contributed by atoms with Crippen molar-refractivity contribution in [1.82, 2.24) is 4.90 Å². The van der Waals surface area contributed by atoms with Crippen LogP contribution in [0.4, 0.5) is 5.69 Å². The molecule has 0 radical (unpaired) electrons. The normalized spacial score (nSPS) is 15.8. The minimum absolute atomic E-state index is 0. The van der Waals surface area contributed by atoms with E-state index in [0.29, 0.717) is 12.2 Å². The van der Waals surface area contributed by atoms with Gasteiger partial charge in [-0.15, -0.1) is 12.4 Å². The van der Waals surface area contributed by atoms with Gasteiger partial charge in [-0.05, 0) is 32.4 Å². The topological polar surface area (TPSA) is 68.0 Å². The van der Waals surface area contributed by atoms with Gasteiger partial charge in [0.25, 0.3) is 5.69 Å². The molecule has 1 fully saturated rings. The van der Waals surface area contributed by atoms with Crippen molar-refractivity contribution in [3.05, 3.63) is 39.9 Å². The molecule has 0 aromatic heterocycles. The minimum Gasteiger partial charge on any atom is -0.395 e. The number of halogens is 2. The summed E-state index contributed by atoms with van der Waals surface area (Å²) >= 11 is 6.00. The van der Waals surface area contributed by atoms with Gasteiger partial charge in [-0.25, -0.2) is 0 Å². The standard InChI is InChI=1S/C15H20ClN3O3.ClH/c16-15(13-6-4-7-14(12-13)19(20)21)17-22-11-5-10-18-8-2-1-3-9-18;/h4,6-7,12H,1-3,5,8-11H2;1H. The highest BCUT2D eigenvalue weighted by Gasteiger charge is 2.10. The molecule has 0 spiro atoms. The molecule has 0 amide bonds. The number of hydrogen-bond donors (Lipinski definition) is 0. The van der Waals surface area contributed by atoms with Gasteiger partial charge in [0.15, 0.2) is 5.17 Å². The summed E-state index contributed by atoms with van der Waals surface area (Å²) in [7, 11) is 0. The maximum Gasteiger partial charge on any atom is 0.270 e. The first-order valence-corrected chi connectivity index (χ1v) is 7.87. The Balaban J connectivity index is 0.00000264. The largest absolute Gasteiger partial charge is 0.395 e. The van der Waals surface area contributed by atoms with Crippen LogP contribution in [-0.2, 0) is 4.84 Å². The lowest BCUT2D eigenvalue weighted by Gasteiger charge is -2.25. The first-order chi connectivity index (χ1) is 10.7. The molecule has 2 rings (SSSR count). The molecule has 0 N–H and O–H groups in total. The Morgan fingerprint density at radius 2 is 2.09 bits per heavy atom. The van der Waals surface area contributed by atoms with Gasteiger partial charge in [-0.1, -0.05) is 35.3 Å². The molecule has 0 saturated carbocycles. The van der Waals surface area contributed by atoms with Gasteiger partial charge in [0, 0.05) is 24.2 Å². The fraction of sp³-hybridized carbons (Fsp3) is 0.533. The van der Waals surface area contributed by atoms with Crippen LogP contribution in [-0.4, -0.2) is 41.2 Å². The van der Waals surface area contributed by atoms with Crippen molar-refractivity contribution in [3.63, 3.8) is 0 Å². The average Bonchev–Trinajstić information content (AvgIpc) is 2.55. The molecule has 8 heteroatoms. The lowest BCUT2D eigenvalue weighted by atomic mass is 10.1. The van der Waals surface area contributed by atoms with Crippen LogP contribution in [0.5, 0.6) is 0 Å². The van der Waals surface area contributed by atoms with Gasteiger partial charge in [-0.3, -0.25) is 10.1 Å². The second-order valence-electron chi connectivity index (χ2n) is 5.28. The molecule has 0 aliphatic carbocycles. The Hall–Kier alpha value is -1.37. The number of nitro benzene ring substituents is 1. The number of non-ortho nitro benzene ring substituents is 1. The summed E-state index contributed by atoms with van der Waals surface area (Å²) in [6.07, 6.45) is 4.77. The van der Waals surface area contributed by atoms with Crippen LogP contribution in [0.15, 0.2) is 29.4 Å². The summed E-state index contributed by atoms with van der Waals surface area (Å²) in [6.45, 7) is 3.82. The van der Waals surface area contributed by atoms with Crippen LogP contribution in [0.3, 0.4) is 0 Å². The molecule has 1 aromatic rings. The van der Waals surface area contributed by atoms with Crippen molar-refractivity contribution in [1.29, 1.82) is 0 Å². The minimum atomic E-state index is -0.465. The molecular formula is C15H21Cl2N3O3. The summed E-state index contributed by atoms with van der Waals surface area (Å²) in [5, 5.41) is 14.7. The highest BCUT2D eigenvalue weighted by atomic mass is 35.5. The first-order valence-electron chi connectivity index (χ1n) is 7.49. The van der Waals surface area contributed by atoms with Crippen LogP contribution >= 0.6 is 24.0 Å². The van der Waals surface area contributed by atoms with Gasteiger partial charge < -0.3 is 9.74 Å². The van der Waals surface area contributed by atoms with E-state index in [1.165, 1.54) is 31.4 Å². The quantitative estimate of drug-likeness (QED) is 0.320. The SMILES string of the molecule is Cl.O=[N+]([O-])c1cccc(C(Cl)=NOCCCN2CCCCC2)c1. The van der Waals surface area contributed by atoms with Crippen molar-refractivity contribution in [3.8, 4) is 0 Å². The second kappa shape index (κ2) is 10.4. The van der Waals surface area contributed by atoms with Crippen molar-refractivity contribution in [2.45, 2.75) is 25.7 Å². The summed E-state index contributed by atoms with van der Waals surface area (Å²) in [5.41, 5.74) is 0.461. The van der Waals surface area contributed by atoms with Crippen molar-refractivity contribution in [2.75, 3.05) is 26.2 Å². The summed E-state index contributed by atoms with van der Waals surface area (Å²) in [4.78, 5) is 17.9. The van der Waals surface area contributed by atoms with E-state index < -0.39 is 4.92 Å². The zero-order valence-electron chi connectivity index (χ0n) is 12.8. The Bertz CT molecular complexity index is 534. The summed E-state index contributed by atoms with van der Waals surface area (Å²) in [5.74, 6) is 0. The van der Waals surface area contributed by atoms with E-state index in [4.69, 9.17) is 16.4 Å². The zero-order valence-corrected chi connectivity index (χ0v) is 14.4. The third-order valence-electron chi connectivity index (χ3n) is 3.60. The number of oxime groups is 1. The first kappa shape index (κ1) is 19.7. The number of nitrogens with zero attached hydrogens (tertiary/aromatic N) is 3. The smallest absolute Gasteiger partial charge is 0.270 e. The van der Waals surface area contributed by atoms with Gasteiger partial charge in [-0.2, -0.15) is 0 Å². The lowest BCUT2D eigenvalue weighted by molar-refractivity contribution is -0.384. The molecule has 0 unspecified atom stereocenters. The van der Waals surface area contributed by atoms with E-state index >= 15 is 0 Å². The molecule has 128 valence electrons. The Labute approximate surface area is 147 Å². The second-order valence-corrected chi connectivity index (χ2v) is 5.64. The number of piperidine rings is 1. The third-order valence-corrected chi connectivity index (χ3v) is 3.89. The highest BCUT2D eigenvalue weighted by molar-refractivity contribution is 6.69. The zero-order chi connectivity index (χ0) is 15.8. The van der Waals surface area contributed by atoms with E-state index in [1.807, 2.05) is 0 Å². The third kappa shape index (κ3) is 6.72. The lowest BCUT2D eigenvalue weighted by Crippen LogP contribution is -2.31. The molecule has 0 bridgehead atoms. The number of nitro groups is 1. The Kier molecular flexibility index (Phi) is 8.91. The Morgan fingerprint density at radius 1 is 1.35 bits per heavy atom. The summed E-state index contributed by atoms with van der Waals surface area (Å²) in [6, 6.07) is 6.02. The fourth-order valence-corrected chi connectivity index (χ4v) is 2.60. The van der Waals surface area contributed by atoms with E-state index in [9.17, 15) is 10.1 Å². The fourth-order valence-electron chi connectivity index (χ4n) is 2.44. The predicted molar refractivity (Wildman–Crippen MR) is 93.6 cm³/mol. The van der Waals surface area contributed by atoms with Crippen LogP contribution in [0.25, 0.3) is 0 Å². The van der Waals surface area contributed by atoms with Crippen LogP contribution in [0.1, 0.15) is 31.2 Å².